The Hall–Kier alpha value is -2.85. The maximum atomic E-state index is 12.7. The predicted molar refractivity (Wildman–Crippen MR) is 108 cm³/mol. The first-order valence-electron chi connectivity index (χ1n) is 10.1. The third-order valence-corrected chi connectivity index (χ3v) is 5.32. The summed E-state index contributed by atoms with van der Waals surface area (Å²) in [6.07, 6.45) is -0.377. The van der Waals surface area contributed by atoms with E-state index in [1.807, 2.05) is 24.3 Å². The van der Waals surface area contributed by atoms with Gasteiger partial charge in [0, 0.05) is 0 Å². The largest absolute Gasteiger partial charge is 0.416 e. The number of nitrogens with one attached hydrogen (secondary N) is 2. The lowest BCUT2D eigenvalue weighted by Gasteiger charge is -2.23. The number of alkyl halides is 3. The zero-order valence-corrected chi connectivity index (χ0v) is 16.5. The van der Waals surface area contributed by atoms with Gasteiger partial charge in [-0.3, -0.25) is 4.79 Å². The van der Waals surface area contributed by atoms with E-state index in [1.54, 1.807) is 0 Å². The van der Waals surface area contributed by atoms with Crippen LogP contribution in [0.4, 0.5) is 13.2 Å². The average Bonchev–Trinajstić information content (AvgIpc) is 2.77. The Morgan fingerprint density at radius 3 is 2.27 bits per heavy atom. The first kappa shape index (κ1) is 21.8. The minimum atomic E-state index is -4.35. The van der Waals surface area contributed by atoms with Crippen LogP contribution in [0.2, 0.25) is 0 Å². The van der Waals surface area contributed by atoms with Crippen LogP contribution in [0.5, 0.6) is 0 Å². The number of carbonyl (C=O) groups is 1. The average molecular weight is 415 g/mol. The number of halogens is 3. The Morgan fingerprint density at radius 2 is 1.73 bits per heavy atom. The number of aryl methyl sites for hydroxylation is 1. The topological polar surface area (TPSA) is 64.9 Å². The van der Waals surface area contributed by atoms with Crippen LogP contribution in [0.15, 0.2) is 48.5 Å². The molecule has 30 heavy (non-hydrogen) atoms. The lowest BCUT2D eigenvalue weighted by atomic mass is 9.99. The Morgan fingerprint density at radius 1 is 1.10 bits per heavy atom. The van der Waals surface area contributed by atoms with Gasteiger partial charge in [-0.15, -0.1) is 0 Å². The van der Waals surface area contributed by atoms with Gasteiger partial charge in [-0.1, -0.05) is 42.8 Å². The number of benzene rings is 2. The fourth-order valence-corrected chi connectivity index (χ4v) is 3.54. The van der Waals surface area contributed by atoms with E-state index in [-0.39, 0.29) is 11.9 Å². The Kier molecular flexibility index (Phi) is 7.11. The molecule has 7 heteroatoms. The van der Waals surface area contributed by atoms with Crippen molar-refractivity contribution in [2.45, 2.75) is 50.4 Å². The van der Waals surface area contributed by atoms with E-state index in [9.17, 15) is 23.2 Å². The second kappa shape index (κ2) is 9.77. The number of nitrogens with zero attached hydrogens (tertiary/aromatic N) is 1. The van der Waals surface area contributed by atoms with Crippen molar-refractivity contribution in [1.82, 2.24) is 10.6 Å². The van der Waals surface area contributed by atoms with Crippen molar-refractivity contribution in [2.24, 2.45) is 0 Å². The normalized spacial score (nSPS) is 17.7. The van der Waals surface area contributed by atoms with Crippen molar-refractivity contribution in [2.75, 3.05) is 6.54 Å². The van der Waals surface area contributed by atoms with Gasteiger partial charge in [0.15, 0.2) is 0 Å². The molecule has 0 bridgehead atoms. The second-order valence-electron chi connectivity index (χ2n) is 7.50. The quantitative estimate of drug-likeness (QED) is 0.732. The van der Waals surface area contributed by atoms with Crippen LogP contribution < -0.4 is 10.6 Å². The number of hydrogen-bond acceptors (Lipinski definition) is 3. The summed E-state index contributed by atoms with van der Waals surface area (Å²) < 4.78 is 38.1. The third kappa shape index (κ3) is 5.83. The highest BCUT2D eigenvalue weighted by molar-refractivity contribution is 5.82. The van der Waals surface area contributed by atoms with E-state index >= 15 is 0 Å². The molecule has 0 radical (unpaired) electrons. The van der Waals surface area contributed by atoms with Crippen molar-refractivity contribution in [3.05, 3.63) is 59.7 Å². The molecule has 1 aliphatic rings. The molecule has 1 amide bonds. The summed E-state index contributed by atoms with van der Waals surface area (Å²) in [5.74, 6) is -0.126. The molecule has 2 aromatic carbocycles. The summed E-state index contributed by atoms with van der Waals surface area (Å²) in [6, 6.07) is 13.9. The number of carbonyl (C=O) groups excluding carboxylic acids is 1. The minimum Gasteiger partial charge on any atom is -0.339 e. The lowest BCUT2D eigenvalue weighted by molar-refractivity contribution is -0.137. The van der Waals surface area contributed by atoms with Crippen LogP contribution in [0, 0.1) is 11.3 Å². The number of piperidine rings is 1. The number of amides is 1. The maximum Gasteiger partial charge on any atom is 0.416 e. The molecule has 2 N–H and O–H groups in total. The van der Waals surface area contributed by atoms with Gasteiger partial charge >= 0.3 is 6.18 Å². The zero-order chi connectivity index (χ0) is 21.6. The van der Waals surface area contributed by atoms with Gasteiger partial charge in [0.25, 0.3) is 0 Å². The van der Waals surface area contributed by atoms with Crippen molar-refractivity contribution < 1.29 is 18.0 Å². The number of rotatable bonds is 6. The molecule has 1 fully saturated rings. The molecule has 2 aromatic rings. The molecular formula is C23H24F3N3O. The summed E-state index contributed by atoms with van der Waals surface area (Å²) in [5, 5.41) is 15.3. The van der Waals surface area contributed by atoms with Gasteiger partial charge in [-0.25, -0.2) is 0 Å². The van der Waals surface area contributed by atoms with E-state index in [0.29, 0.717) is 18.4 Å². The summed E-state index contributed by atoms with van der Waals surface area (Å²) in [7, 11) is 0. The second-order valence-corrected chi connectivity index (χ2v) is 7.50. The highest BCUT2D eigenvalue weighted by atomic mass is 19.4. The molecule has 2 atom stereocenters. The minimum absolute atomic E-state index is 0.126. The molecule has 1 heterocycles. The summed E-state index contributed by atoms with van der Waals surface area (Å²) in [5.41, 5.74) is 1.85. The molecule has 0 saturated carbocycles. The fourth-order valence-electron chi connectivity index (χ4n) is 3.54. The van der Waals surface area contributed by atoms with E-state index in [4.69, 9.17) is 0 Å². The van der Waals surface area contributed by atoms with Crippen molar-refractivity contribution in [1.29, 1.82) is 5.26 Å². The van der Waals surface area contributed by atoms with Gasteiger partial charge in [0.1, 0.15) is 6.04 Å². The monoisotopic (exact) mass is 415 g/mol. The molecule has 3 rings (SSSR count). The summed E-state index contributed by atoms with van der Waals surface area (Å²) in [4.78, 5) is 12.3. The van der Waals surface area contributed by atoms with Gasteiger partial charge in [0.2, 0.25) is 5.91 Å². The van der Waals surface area contributed by atoms with Crippen LogP contribution in [0.1, 0.15) is 36.8 Å². The first-order chi connectivity index (χ1) is 14.4. The Labute approximate surface area is 174 Å². The highest BCUT2D eigenvalue weighted by Gasteiger charge is 2.30. The molecular weight excluding hydrogens is 391 g/mol. The SMILES string of the molecule is N#C[C@H](CCc1ccc(-c2ccc(C(F)(F)F)cc2)cc1)NC(=O)[C@@H]1CCCCN1. The smallest absolute Gasteiger partial charge is 0.339 e. The third-order valence-electron chi connectivity index (χ3n) is 5.32. The van der Waals surface area contributed by atoms with Gasteiger partial charge < -0.3 is 10.6 Å². The first-order valence-corrected chi connectivity index (χ1v) is 10.1. The van der Waals surface area contributed by atoms with Crippen LogP contribution in [-0.2, 0) is 17.4 Å². The van der Waals surface area contributed by atoms with E-state index in [0.717, 1.165) is 49.1 Å². The number of hydrogen-bond donors (Lipinski definition) is 2. The van der Waals surface area contributed by atoms with Crippen LogP contribution in [0.25, 0.3) is 11.1 Å². The standard InChI is InChI=1S/C23H24F3N3O/c24-23(25,26)19-11-9-18(10-12-19)17-7-4-16(5-8-17)6-13-20(15-27)29-22(30)21-3-1-2-14-28-21/h4-5,7-12,20-21,28H,1-3,6,13-14H2,(H,29,30)/t20-,21-/m0/s1. The van der Waals surface area contributed by atoms with E-state index < -0.39 is 17.8 Å². The van der Waals surface area contributed by atoms with Crippen molar-refractivity contribution >= 4 is 5.91 Å². The Bertz CT molecular complexity index is 880. The molecule has 0 spiro atoms. The van der Waals surface area contributed by atoms with Crippen LogP contribution in [0.3, 0.4) is 0 Å². The highest BCUT2D eigenvalue weighted by Crippen LogP contribution is 2.31. The summed E-state index contributed by atoms with van der Waals surface area (Å²) >= 11 is 0. The lowest BCUT2D eigenvalue weighted by Crippen LogP contribution is -2.49. The fraction of sp³-hybridized carbons (Fsp3) is 0.391. The molecule has 158 valence electrons. The molecule has 4 nitrogen and oxygen atoms in total. The maximum absolute atomic E-state index is 12.7. The van der Waals surface area contributed by atoms with Gasteiger partial charge in [-0.2, -0.15) is 18.4 Å². The van der Waals surface area contributed by atoms with Gasteiger partial charge in [0.05, 0.1) is 17.7 Å². The van der Waals surface area contributed by atoms with Crippen molar-refractivity contribution in [3.63, 3.8) is 0 Å². The zero-order valence-electron chi connectivity index (χ0n) is 16.5. The van der Waals surface area contributed by atoms with E-state index in [2.05, 4.69) is 16.7 Å². The molecule has 0 unspecified atom stereocenters. The van der Waals surface area contributed by atoms with Crippen LogP contribution in [-0.4, -0.2) is 24.5 Å². The molecule has 0 aliphatic carbocycles. The molecule has 0 aromatic heterocycles. The van der Waals surface area contributed by atoms with E-state index in [1.165, 1.54) is 12.1 Å². The van der Waals surface area contributed by atoms with Crippen LogP contribution >= 0.6 is 0 Å². The van der Waals surface area contributed by atoms with Gasteiger partial charge in [-0.05, 0) is 61.1 Å². The van der Waals surface area contributed by atoms with Crippen molar-refractivity contribution in [3.8, 4) is 17.2 Å². The molecule has 1 saturated heterocycles. The molecule has 1 aliphatic heterocycles. The Balaban J connectivity index is 1.54. The predicted octanol–water partition coefficient (Wildman–Crippen LogP) is 4.46. The number of nitriles is 1. The summed E-state index contributed by atoms with van der Waals surface area (Å²) in [6.45, 7) is 0.820.